The molecule has 2 unspecified atom stereocenters. The number of nitrogens with two attached hydrogens (primary N) is 1. The lowest BCUT2D eigenvalue weighted by Crippen LogP contribution is -2.34. The maximum absolute atomic E-state index is 11.6. The van der Waals surface area contributed by atoms with E-state index in [1.54, 1.807) is 0 Å². The third kappa shape index (κ3) is 3.26. The van der Waals surface area contributed by atoms with Gasteiger partial charge in [0.05, 0.1) is 27.4 Å². The molecule has 2 N–H and O–H groups in total. The summed E-state index contributed by atoms with van der Waals surface area (Å²) in [7, 11) is -2.87. The van der Waals surface area contributed by atoms with Gasteiger partial charge in [-0.3, -0.25) is 4.68 Å². The van der Waals surface area contributed by atoms with Gasteiger partial charge in [-0.25, -0.2) is 8.42 Å². The number of hydrogen-bond donors (Lipinski definition) is 1. The highest BCUT2D eigenvalue weighted by atomic mass is 79.9. The lowest BCUT2D eigenvalue weighted by atomic mass is 9.96. The molecule has 0 aromatic carbocycles. The van der Waals surface area contributed by atoms with E-state index in [4.69, 9.17) is 5.73 Å². The van der Waals surface area contributed by atoms with Gasteiger partial charge in [0.25, 0.3) is 0 Å². The normalized spacial score (nSPS) is 23.1. The first-order chi connectivity index (χ1) is 9.38. The van der Waals surface area contributed by atoms with Crippen molar-refractivity contribution in [3.8, 4) is 0 Å². The van der Waals surface area contributed by atoms with E-state index in [2.05, 4.69) is 28.0 Å². The molecule has 1 aromatic rings. The monoisotopic (exact) mass is 363 g/mol. The van der Waals surface area contributed by atoms with Crippen molar-refractivity contribution in [2.24, 2.45) is 11.7 Å². The first kappa shape index (κ1) is 16.0. The summed E-state index contributed by atoms with van der Waals surface area (Å²) in [6, 6.07) is -0.129. The van der Waals surface area contributed by atoms with Gasteiger partial charge >= 0.3 is 0 Å². The second kappa shape index (κ2) is 6.15. The molecule has 0 aliphatic carbocycles. The highest BCUT2D eigenvalue weighted by molar-refractivity contribution is 9.10. The molecular weight excluding hydrogens is 342 g/mol. The van der Waals surface area contributed by atoms with Gasteiger partial charge in [0, 0.05) is 19.0 Å². The summed E-state index contributed by atoms with van der Waals surface area (Å²) in [6.45, 7) is 4.91. The minimum atomic E-state index is -2.87. The van der Waals surface area contributed by atoms with Crippen LogP contribution in [0.25, 0.3) is 0 Å². The maximum atomic E-state index is 11.6. The zero-order chi connectivity index (χ0) is 14.9. The Labute approximate surface area is 129 Å². The van der Waals surface area contributed by atoms with E-state index >= 15 is 0 Å². The van der Waals surface area contributed by atoms with Crippen molar-refractivity contribution in [2.45, 2.75) is 45.7 Å². The van der Waals surface area contributed by atoms with Crippen LogP contribution < -0.4 is 5.73 Å². The van der Waals surface area contributed by atoms with E-state index in [1.807, 2.05) is 11.6 Å². The molecule has 7 heteroatoms. The van der Waals surface area contributed by atoms with Gasteiger partial charge < -0.3 is 5.73 Å². The highest BCUT2D eigenvalue weighted by Crippen LogP contribution is 2.27. The Balaban J connectivity index is 2.15. The minimum absolute atomic E-state index is 0.0668. The Kier molecular flexibility index (Phi) is 4.92. The third-order valence-corrected chi connectivity index (χ3v) is 6.71. The number of hydrogen-bond acceptors (Lipinski definition) is 4. The number of nitrogens with zero attached hydrogens (tertiary/aromatic N) is 2. The molecule has 2 atom stereocenters. The van der Waals surface area contributed by atoms with Crippen LogP contribution in [0.1, 0.15) is 31.7 Å². The Hall–Kier alpha value is -0.400. The van der Waals surface area contributed by atoms with Crippen molar-refractivity contribution in [2.75, 3.05) is 11.5 Å². The van der Waals surface area contributed by atoms with Gasteiger partial charge in [0.15, 0.2) is 9.84 Å². The molecule has 1 fully saturated rings. The molecule has 0 amide bonds. The van der Waals surface area contributed by atoms with Crippen molar-refractivity contribution in [1.29, 1.82) is 0 Å². The Bertz CT molecular complexity index is 583. The second-order valence-electron chi connectivity index (χ2n) is 5.41. The summed E-state index contributed by atoms with van der Waals surface area (Å²) < 4.78 is 26.1. The van der Waals surface area contributed by atoms with Crippen LogP contribution in [0.4, 0.5) is 0 Å². The fourth-order valence-electron chi connectivity index (χ4n) is 2.76. The first-order valence-corrected chi connectivity index (χ1v) is 9.69. The first-order valence-electron chi connectivity index (χ1n) is 7.08. The fraction of sp³-hybridized carbons (Fsp3) is 0.769. The smallest absolute Gasteiger partial charge is 0.150 e. The van der Waals surface area contributed by atoms with E-state index in [9.17, 15) is 8.42 Å². The average Bonchev–Trinajstić information content (AvgIpc) is 2.91. The summed E-state index contributed by atoms with van der Waals surface area (Å²) in [5, 5.41) is 4.55. The summed E-state index contributed by atoms with van der Waals surface area (Å²) in [4.78, 5) is 0. The number of halogens is 1. The van der Waals surface area contributed by atoms with Gasteiger partial charge in [-0.2, -0.15) is 5.10 Å². The molecule has 1 aromatic heterocycles. The van der Waals surface area contributed by atoms with E-state index in [-0.39, 0.29) is 23.5 Å². The zero-order valence-electron chi connectivity index (χ0n) is 12.0. The predicted octanol–water partition coefficient (Wildman–Crippen LogP) is 1.53. The Morgan fingerprint density at radius 3 is 2.70 bits per heavy atom. The summed E-state index contributed by atoms with van der Waals surface area (Å²) >= 11 is 3.61. The van der Waals surface area contributed by atoms with Crippen LogP contribution in [-0.2, 0) is 29.2 Å². The van der Waals surface area contributed by atoms with Gasteiger partial charge in [-0.1, -0.05) is 6.92 Å². The van der Waals surface area contributed by atoms with Crippen molar-refractivity contribution in [3.63, 3.8) is 0 Å². The average molecular weight is 364 g/mol. The van der Waals surface area contributed by atoms with Gasteiger partial charge in [0.1, 0.15) is 0 Å². The van der Waals surface area contributed by atoms with Crippen molar-refractivity contribution in [1.82, 2.24) is 9.78 Å². The molecule has 114 valence electrons. The summed E-state index contributed by atoms with van der Waals surface area (Å²) in [5.74, 6) is 0.573. The molecule has 0 radical (unpaired) electrons. The van der Waals surface area contributed by atoms with E-state index in [0.29, 0.717) is 12.8 Å². The van der Waals surface area contributed by atoms with E-state index < -0.39 is 9.84 Å². The molecule has 2 rings (SSSR count). The largest absolute Gasteiger partial charge is 0.327 e. The molecule has 20 heavy (non-hydrogen) atoms. The van der Waals surface area contributed by atoms with Crippen LogP contribution >= 0.6 is 15.9 Å². The molecule has 1 aliphatic rings. The van der Waals surface area contributed by atoms with Crippen LogP contribution in [0.15, 0.2) is 4.47 Å². The Morgan fingerprint density at radius 2 is 2.20 bits per heavy atom. The lowest BCUT2D eigenvalue weighted by molar-refractivity contribution is 0.446. The lowest BCUT2D eigenvalue weighted by Gasteiger charge is -2.18. The quantitative estimate of drug-likeness (QED) is 0.860. The molecular formula is C13H22BrN3O2S. The maximum Gasteiger partial charge on any atom is 0.150 e. The predicted molar refractivity (Wildman–Crippen MR) is 83.4 cm³/mol. The number of aromatic nitrogens is 2. The molecule has 0 bridgehead atoms. The van der Waals surface area contributed by atoms with Gasteiger partial charge in [0.2, 0.25) is 0 Å². The number of rotatable bonds is 5. The van der Waals surface area contributed by atoms with E-state index in [1.165, 1.54) is 0 Å². The van der Waals surface area contributed by atoms with Crippen molar-refractivity contribution < 1.29 is 8.42 Å². The molecule has 0 spiro atoms. The molecule has 0 saturated carbocycles. The van der Waals surface area contributed by atoms with Crippen molar-refractivity contribution in [3.05, 3.63) is 15.9 Å². The van der Waals surface area contributed by atoms with Gasteiger partial charge in [-0.05, 0) is 41.6 Å². The summed E-state index contributed by atoms with van der Waals surface area (Å²) in [5.41, 5.74) is 8.37. The van der Waals surface area contributed by atoms with Crippen molar-refractivity contribution >= 4 is 25.8 Å². The minimum Gasteiger partial charge on any atom is -0.327 e. The van der Waals surface area contributed by atoms with Crippen LogP contribution in [0.3, 0.4) is 0 Å². The van der Waals surface area contributed by atoms with E-state index in [0.717, 1.165) is 28.8 Å². The van der Waals surface area contributed by atoms with Crippen LogP contribution in [-0.4, -0.2) is 35.7 Å². The van der Waals surface area contributed by atoms with Crippen LogP contribution in [0, 0.1) is 5.92 Å². The highest BCUT2D eigenvalue weighted by Gasteiger charge is 2.33. The number of aryl methyl sites for hydroxylation is 2. The molecule has 1 aliphatic heterocycles. The molecule has 2 heterocycles. The fourth-order valence-corrected chi connectivity index (χ4v) is 5.38. The summed E-state index contributed by atoms with van der Waals surface area (Å²) in [6.07, 6.45) is 2.22. The molecule has 1 saturated heterocycles. The van der Waals surface area contributed by atoms with Crippen LogP contribution in [0.5, 0.6) is 0 Å². The Morgan fingerprint density at radius 1 is 1.50 bits per heavy atom. The zero-order valence-corrected chi connectivity index (χ0v) is 14.4. The standard InChI is InChI=1S/C13H22BrN3O2S/c1-3-11-13(14)12(17(4-2)16-11)7-10(15)9-5-6-20(18,19)8-9/h9-10H,3-8,15H2,1-2H3. The second-order valence-corrected chi connectivity index (χ2v) is 8.43. The van der Waals surface area contributed by atoms with Gasteiger partial charge in [-0.15, -0.1) is 0 Å². The van der Waals surface area contributed by atoms with Crippen LogP contribution in [0.2, 0.25) is 0 Å². The SMILES string of the molecule is CCc1nn(CC)c(CC(N)C2CCS(=O)(=O)C2)c1Br. The topological polar surface area (TPSA) is 78.0 Å². The number of sulfone groups is 1. The molecule has 5 nitrogen and oxygen atoms in total. The third-order valence-electron chi connectivity index (χ3n) is 4.00.